The SMILES string of the molecule is CC1CC=CCC1COCC(=O)C1CCCCC1. The van der Waals surface area contributed by atoms with Crippen LogP contribution in [-0.2, 0) is 9.53 Å². The van der Waals surface area contributed by atoms with Crippen LogP contribution in [0.4, 0.5) is 0 Å². The van der Waals surface area contributed by atoms with Gasteiger partial charge >= 0.3 is 0 Å². The molecule has 2 nitrogen and oxygen atoms in total. The molecule has 2 rings (SSSR count). The molecule has 102 valence electrons. The van der Waals surface area contributed by atoms with E-state index in [4.69, 9.17) is 4.74 Å². The Bertz CT molecular complexity index is 289. The topological polar surface area (TPSA) is 26.3 Å². The summed E-state index contributed by atoms with van der Waals surface area (Å²) in [6.07, 6.45) is 12.7. The van der Waals surface area contributed by atoms with Crippen LogP contribution in [0.15, 0.2) is 12.2 Å². The van der Waals surface area contributed by atoms with Crippen LogP contribution in [0.25, 0.3) is 0 Å². The lowest BCUT2D eigenvalue weighted by atomic mass is 9.85. The van der Waals surface area contributed by atoms with Crippen molar-refractivity contribution in [2.45, 2.75) is 51.9 Å². The molecule has 0 aromatic carbocycles. The number of rotatable bonds is 5. The molecule has 0 radical (unpaired) electrons. The number of hydrogen-bond acceptors (Lipinski definition) is 2. The van der Waals surface area contributed by atoms with E-state index < -0.39 is 0 Å². The summed E-state index contributed by atoms with van der Waals surface area (Å²) in [5.74, 6) is 1.94. The third kappa shape index (κ3) is 3.94. The average molecular weight is 250 g/mol. The first kappa shape index (κ1) is 13.8. The van der Waals surface area contributed by atoms with E-state index >= 15 is 0 Å². The van der Waals surface area contributed by atoms with E-state index in [0.29, 0.717) is 30.1 Å². The highest BCUT2D eigenvalue weighted by Gasteiger charge is 2.22. The Labute approximate surface area is 111 Å². The number of ether oxygens (including phenoxy) is 1. The Kier molecular flexibility index (Phi) is 5.43. The van der Waals surface area contributed by atoms with Crippen molar-refractivity contribution in [3.05, 3.63) is 12.2 Å². The van der Waals surface area contributed by atoms with Crippen molar-refractivity contribution in [2.24, 2.45) is 17.8 Å². The molecular weight excluding hydrogens is 224 g/mol. The van der Waals surface area contributed by atoms with E-state index in [1.807, 2.05) is 0 Å². The summed E-state index contributed by atoms with van der Waals surface area (Å²) >= 11 is 0. The second-order valence-corrected chi connectivity index (χ2v) is 6.00. The van der Waals surface area contributed by atoms with Crippen molar-refractivity contribution in [1.29, 1.82) is 0 Å². The van der Waals surface area contributed by atoms with Gasteiger partial charge in [0.1, 0.15) is 6.61 Å². The maximum atomic E-state index is 12.0. The first-order valence-electron chi connectivity index (χ1n) is 7.53. The Morgan fingerprint density at radius 3 is 2.61 bits per heavy atom. The van der Waals surface area contributed by atoms with Gasteiger partial charge in [-0.2, -0.15) is 0 Å². The standard InChI is InChI=1S/C16H26O2/c1-13-7-5-6-10-15(13)11-18-12-16(17)14-8-3-2-4-9-14/h5-6,13-15H,2-4,7-12H2,1H3. The van der Waals surface area contributed by atoms with Gasteiger partial charge in [-0.1, -0.05) is 38.3 Å². The van der Waals surface area contributed by atoms with Gasteiger partial charge in [0.15, 0.2) is 5.78 Å². The zero-order valence-electron chi connectivity index (χ0n) is 11.6. The number of ketones is 1. The number of hydrogen-bond donors (Lipinski definition) is 0. The summed E-state index contributed by atoms with van der Waals surface area (Å²) in [7, 11) is 0. The second kappa shape index (κ2) is 7.08. The Hall–Kier alpha value is -0.630. The molecule has 2 aliphatic rings. The molecular formula is C16H26O2. The van der Waals surface area contributed by atoms with Crippen LogP contribution in [0, 0.1) is 17.8 Å². The molecule has 18 heavy (non-hydrogen) atoms. The molecule has 0 aromatic rings. The molecule has 0 heterocycles. The molecule has 2 heteroatoms. The fourth-order valence-electron chi connectivity index (χ4n) is 3.09. The molecule has 0 N–H and O–H groups in total. The van der Waals surface area contributed by atoms with Crippen molar-refractivity contribution in [2.75, 3.05) is 13.2 Å². The first-order chi connectivity index (χ1) is 8.77. The minimum Gasteiger partial charge on any atom is -0.373 e. The van der Waals surface area contributed by atoms with E-state index in [9.17, 15) is 4.79 Å². The molecule has 0 saturated heterocycles. The van der Waals surface area contributed by atoms with E-state index in [1.165, 1.54) is 19.3 Å². The summed E-state index contributed by atoms with van der Waals surface area (Å²) < 4.78 is 5.68. The lowest BCUT2D eigenvalue weighted by Gasteiger charge is -2.25. The smallest absolute Gasteiger partial charge is 0.161 e. The summed E-state index contributed by atoms with van der Waals surface area (Å²) in [6.45, 7) is 3.38. The lowest BCUT2D eigenvalue weighted by molar-refractivity contribution is -0.129. The predicted molar refractivity (Wildman–Crippen MR) is 73.4 cm³/mol. The molecule has 0 spiro atoms. The van der Waals surface area contributed by atoms with Crippen LogP contribution in [0.3, 0.4) is 0 Å². The number of Topliss-reactive ketones (excluding diaryl/α,β-unsaturated/α-hetero) is 1. The normalized spacial score (nSPS) is 29.4. The number of carbonyl (C=O) groups is 1. The number of carbonyl (C=O) groups excluding carboxylic acids is 1. The van der Waals surface area contributed by atoms with Gasteiger partial charge in [0.25, 0.3) is 0 Å². The largest absolute Gasteiger partial charge is 0.373 e. The molecule has 1 fully saturated rings. The van der Waals surface area contributed by atoms with Crippen LogP contribution in [0.5, 0.6) is 0 Å². The Morgan fingerprint density at radius 2 is 1.89 bits per heavy atom. The van der Waals surface area contributed by atoms with Crippen LogP contribution in [-0.4, -0.2) is 19.0 Å². The summed E-state index contributed by atoms with van der Waals surface area (Å²) in [4.78, 5) is 12.0. The Balaban J connectivity index is 1.65. The summed E-state index contributed by atoms with van der Waals surface area (Å²) in [5.41, 5.74) is 0. The lowest BCUT2D eigenvalue weighted by Crippen LogP contribution is -2.25. The van der Waals surface area contributed by atoms with Crippen molar-refractivity contribution in [1.82, 2.24) is 0 Å². The second-order valence-electron chi connectivity index (χ2n) is 6.00. The fraction of sp³-hybridized carbons (Fsp3) is 0.812. The highest BCUT2D eigenvalue weighted by molar-refractivity contribution is 5.82. The highest BCUT2D eigenvalue weighted by atomic mass is 16.5. The maximum absolute atomic E-state index is 12.0. The maximum Gasteiger partial charge on any atom is 0.161 e. The van der Waals surface area contributed by atoms with Crippen molar-refractivity contribution < 1.29 is 9.53 Å². The van der Waals surface area contributed by atoms with Crippen LogP contribution >= 0.6 is 0 Å². The van der Waals surface area contributed by atoms with E-state index in [1.54, 1.807) is 0 Å². The minimum absolute atomic E-state index is 0.294. The highest BCUT2D eigenvalue weighted by Crippen LogP contribution is 2.26. The van der Waals surface area contributed by atoms with E-state index in [-0.39, 0.29) is 0 Å². The predicted octanol–water partition coefficient (Wildman–Crippen LogP) is 3.75. The van der Waals surface area contributed by atoms with Gasteiger partial charge in [0.05, 0.1) is 6.61 Å². The zero-order valence-corrected chi connectivity index (χ0v) is 11.6. The molecule has 0 bridgehead atoms. The minimum atomic E-state index is 0.294. The first-order valence-corrected chi connectivity index (χ1v) is 7.53. The van der Waals surface area contributed by atoms with E-state index in [2.05, 4.69) is 19.1 Å². The summed E-state index contributed by atoms with van der Waals surface area (Å²) in [6, 6.07) is 0. The van der Waals surface area contributed by atoms with Crippen molar-refractivity contribution in [3.63, 3.8) is 0 Å². The molecule has 2 unspecified atom stereocenters. The molecule has 2 aliphatic carbocycles. The molecule has 1 saturated carbocycles. The zero-order chi connectivity index (χ0) is 12.8. The monoisotopic (exact) mass is 250 g/mol. The third-order valence-corrected chi connectivity index (χ3v) is 4.55. The van der Waals surface area contributed by atoms with Gasteiger partial charge < -0.3 is 4.74 Å². The number of allylic oxidation sites excluding steroid dienone is 2. The van der Waals surface area contributed by atoms with Crippen LogP contribution < -0.4 is 0 Å². The van der Waals surface area contributed by atoms with Crippen LogP contribution in [0.2, 0.25) is 0 Å². The fourth-order valence-corrected chi connectivity index (χ4v) is 3.09. The third-order valence-electron chi connectivity index (χ3n) is 4.55. The van der Waals surface area contributed by atoms with Gasteiger partial charge in [-0.05, 0) is 37.5 Å². The van der Waals surface area contributed by atoms with Crippen molar-refractivity contribution in [3.8, 4) is 0 Å². The van der Waals surface area contributed by atoms with Gasteiger partial charge in [0, 0.05) is 5.92 Å². The van der Waals surface area contributed by atoms with Gasteiger partial charge in [0.2, 0.25) is 0 Å². The molecule has 0 aliphatic heterocycles. The van der Waals surface area contributed by atoms with Gasteiger partial charge in [-0.3, -0.25) is 4.79 Å². The summed E-state index contributed by atoms with van der Waals surface area (Å²) in [5, 5.41) is 0. The molecule has 2 atom stereocenters. The van der Waals surface area contributed by atoms with Crippen LogP contribution in [0.1, 0.15) is 51.9 Å². The quantitative estimate of drug-likeness (QED) is 0.695. The molecule has 0 amide bonds. The van der Waals surface area contributed by atoms with Gasteiger partial charge in [-0.15, -0.1) is 0 Å². The van der Waals surface area contributed by atoms with E-state index in [0.717, 1.165) is 32.3 Å². The average Bonchev–Trinajstić information content (AvgIpc) is 2.42. The van der Waals surface area contributed by atoms with Gasteiger partial charge in [-0.25, -0.2) is 0 Å². The molecule has 0 aromatic heterocycles. The Morgan fingerprint density at radius 1 is 1.17 bits per heavy atom. The van der Waals surface area contributed by atoms with Crippen molar-refractivity contribution >= 4 is 5.78 Å².